The third-order valence-corrected chi connectivity index (χ3v) is 4.20. The van der Waals surface area contributed by atoms with Crippen LogP contribution in [0.1, 0.15) is 35.1 Å². The summed E-state index contributed by atoms with van der Waals surface area (Å²) in [6.07, 6.45) is 0. The smallest absolute Gasteiger partial charge is 0.0364 e. The highest BCUT2D eigenvalue weighted by Gasteiger charge is 2.25. The highest BCUT2D eigenvalue weighted by Crippen LogP contribution is 2.47. The van der Waals surface area contributed by atoms with Gasteiger partial charge in [-0.1, -0.05) is 19.1 Å². The number of nitrogen functional groups attached to an aromatic ring is 2. The predicted octanol–water partition coefficient (Wildman–Crippen LogP) is 3.57. The molecule has 0 aromatic heterocycles. The Bertz CT molecular complexity index is 590. The first-order valence-electron chi connectivity index (χ1n) is 6.67. The van der Waals surface area contributed by atoms with Crippen LogP contribution in [0.5, 0.6) is 0 Å². The average molecular weight is 268 g/mol. The van der Waals surface area contributed by atoms with Gasteiger partial charge in [0.15, 0.2) is 0 Å². The van der Waals surface area contributed by atoms with E-state index in [0.29, 0.717) is 22.7 Å². The van der Waals surface area contributed by atoms with Crippen LogP contribution in [0, 0.1) is 19.1 Å². The number of rotatable bonds is 0. The molecule has 0 atom stereocenters. The van der Waals surface area contributed by atoms with E-state index in [1.807, 2.05) is 26.0 Å². The van der Waals surface area contributed by atoms with Crippen molar-refractivity contribution < 1.29 is 0 Å². The monoisotopic (exact) mass is 268 g/mol. The molecule has 0 fully saturated rings. The van der Waals surface area contributed by atoms with E-state index in [4.69, 9.17) is 11.5 Å². The molecule has 4 N–H and O–H groups in total. The molecule has 4 nitrogen and oxygen atoms in total. The number of nitrogens with zero attached hydrogens (tertiary/aromatic N) is 1. The molecule has 1 aliphatic heterocycles. The van der Waals surface area contributed by atoms with Crippen molar-refractivity contribution in [3.63, 3.8) is 0 Å². The number of aryl methyl sites for hydroxylation is 2. The number of fused-ring (bicyclic) bond motifs is 2. The van der Waals surface area contributed by atoms with Gasteiger partial charge in [0.2, 0.25) is 0 Å². The first-order chi connectivity index (χ1) is 9.40. The number of hydrogen-bond acceptors (Lipinski definition) is 4. The third kappa shape index (κ3) is 1.65. The Balaban J connectivity index is 2.27. The summed E-state index contributed by atoms with van der Waals surface area (Å²) in [4.78, 5) is 0. The summed E-state index contributed by atoms with van der Waals surface area (Å²) in [6, 6.07) is 7.53. The standard InChI is InChI=1S/C16H18N3O/c1-8-4-11-10(3)12-5-9(2)14(18)7-16(12)19(20)15(11)6-13(8)17/h4-7,10H,17-18H2,1-3H3/q-1. The van der Waals surface area contributed by atoms with Gasteiger partial charge in [-0.25, -0.2) is 0 Å². The van der Waals surface area contributed by atoms with Crippen molar-refractivity contribution in [1.29, 1.82) is 0 Å². The predicted molar refractivity (Wildman–Crippen MR) is 84.2 cm³/mol. The van der Waals surface area contributed by atoms with Crippen molar-refractivity contribution in [2.45, 2.75) is 26.7 Å². The van der Waals surface area contributed by atoms with E-state index in [0.717, 1.165) is 27.3 Å². The molecule has 0 bridgehead atoms. The lowest BCUT2D eigenvalue weighted by atomic mass is 9.85. The summed E-state index contributed by atoms with van der Waals surface area (Å²) >= 11 is 0. The molecular weight excluding hydrogens is 250 g/mol. The van der Waals surface area contributed by atoms with Crippen LogP contribution in [-0.4, -0.2) is 0 Å². The molecule has 4 heteroatoms. The maximum Gasteiger partial charge on any atom is 0.0364 e. The Morgan fingerprint density at radius 3 is 1.70 bits per heavy atom. The molecule has 0 saturated carbocycles. The fourth-order valence-electron chi connectivity index (χ4n) is 2.81. The summed E-state index contributed by atoms with van der Waals surface area (Å²) in [6.45, 7) is 6.03. The molecule has 1 aliphatic rings. The maximum absolute atomic E-state index is 12.6. The van der Waals surface area contributed by atoms with E-state index in [9.17, 15) is 5.21 Å². The molecule has 0 saturated heterocycles. The van der Waals surface area contributed by atoms with Gasteiger partial charge in [-0.05, 0) is 48.2 Å². The second-order valence-electron chi connectivity index (χ2n) is 5.55. The normalized spacial score (nSPS) is 14.1. The van der Waals surface area contributed by atoms with Crippen LogP contribution >= 0.6 is 0 Å². The van der Waals surface area contributed by atoms with Gasteiger partial charge in [-0.15, -0.1) is 0 Å². The van der Waals surface area contributed by atoms with Crippen molar-refractivity contribution in [1.82, 2.24) is 0 Å². The van der Waals surface area contributed by atoms with Crippen LogP contribution in [-0.2, 0) is 0 Å². The van der Waals surface area contributed by atoms with Gasteiger partial charge < -0.3 is 21.7 Å². The molecule has 0 aliphatic carbocycles. The van der Waals surface area contributed by atoms with Crippen molar-refractivity contribution in [2.75, 3.05) is 16.5 Å². The minimum absolute atomic E-state index is 0.156. The first kappa shape index (κ1) is 12.8. The fraction of sp³-hybridized carbons (Fsp3) is 0.250. The van der Waals surface area contributed by atoms with Crippen molar-refractivity contribution in [3.8, 4) is 0 Å². The molecular formula is C16H18N3O-. The van der Waals surface area contributed by atoms with Gasteiger partial charge in [-0.3, -0.25) is 0 Å². The first-order valence-corrected chi connectivity index (χ1v) is 6.67. The zero-order valence-electron chi connectivity index (χ0n) is 11.9. The Hall–Kier alpha value is -2.20. The lowest BCUT2D eigenvalue weighted by Gasteiger charge is -2.41. The Labute approximate surface area is 118 Å². The van der Waals surface area contributed by atoms with Crippen LogP contribution in [0.3, 0.4) is 0 Å². The van der Waals surface area contributed by atoms with Gasteiger partial charge in [-0.2, -0.15) is 0 Å². The second kappa shape index (κ2) is 4.15. The summed E-state index contributed by atoms with van der Waals surface area (Å²) in [7, 11) is 0. The topological polar surface area (TPSA) is 78.3 Å². The summed E-state index contributed by atoms with van der Waals surface area (Å²) in [5.41, 5.74) is 18.4. The summed E-state index contributed by atoms with van der Waals surface area (Å²) < 4.78 is 0. The number of benzene rings is 2. The summed E-state index contributed by atoms with van der Waals surface area (Å²) in [5, 5.41) is 13.5. The van der Waals surface area contributed by atoms with Crippen LogP contribution < -0.4 is 16.5 Å². The average Bonchev–Trinajstić information content (AvgIpc) is 2.41. The SMILES string of the molecule is Cc1cc2c(cc1N)N([O-])c1cc(N)c(C)cc1C2C. The van der Waals surface area contributed by atoms with Gasteiger partial charge in [0, 0.05) is 28.7 Å². The van der Waals surface area contributed by atoms with Gasteiger partial charge in [0.1, 0.15) is 0 Å². The van der Waals surface area contributed by atoms with Gasteiger partial charge in [0.05, 0.1) is 0 Å². The van der Waals surface area contributed by atoms with Crippen molar-refractivity contribution in [3.05, 3.63) is 51.7 Å². The van der Waals surface area contributed by atoms with E-state index in [1.54, 1.807) is 12.1 Å². The Kier molecular flexibility index (Phi) is 2.66. The van der Waals surface area contributed by atoms with Crippen molar-refractivity contribution in [2.24, 2.45) is 0 Å². The highest BCUT2D eigenvalue weighted by molar-refractivity contribution is 5.81. The molecule has 104 valence electrons. The maximum atomic E-state index is 12.6. The molecule has 0 radical (unpaired) electrons. The third-order valence-electron chi connectivity index (χ3n) is 4.20. The second-order valence-corrected chi connectivity index (χ2v) is 5.55. The zero-order valence-corrected chi connectivity index (χ0v) is 11.9. The largest absolute Gasteiger partial charge is 0.754 e. The molecule has 20 heavy (non-hydrogen) atoms. The minimum atomic E-state index is 0.156. The van der Waals surface area contributed by atoms with E-state index in [1.165, 1.54) is 0 Å². The molecule has 0 unspecified atom stereocenters. The van der Waals surface area contributed by atoms with E-state index < -0.39 is 0 Å². The number of hydrogen-bond donors (Lipinski definition) is 2. The van der Waals surface area contributed by atoms with Crippen LogP contribution in [0.25, 0.3) is 0 Å². The molecule has 3 rings (SSSR count). The molecule has 0 amide bonds. The van der Waals surface area contributed by atoms with Gasteiger partial charge >= 0.3 is 0 Å². The Morgan fingerprint density at radius 1 is 0.900 bits per heavy atom. The number of anilines is 4. The summed E-state index contributed by atoms with van der Waals surface area (Å²) in [5.74, 6) is 0.156. The fourth-order valence-corrected chi connectivity index (χ4v) is 2.81. The molecule has 2 aromatic rings. The number of nitrogens with two attached hydrogens (primary N) is 2. The molecule has 1 heterocycles. The van der Waals surface area contributed by atoms with Crippen LogP contribution in [0.2, 0.25) is 0 Å². The van der Waals surface area contributed by atoms with Crippen LogP contribution in [0.4, 0.5) is 22.7 Å². The van der Waals surface area contributed by atoms with Crippen LogP contribution in [0.15, 0.2) is 24.3 Å². The lowest BCUT2D eigenvalue weighted by molar-refractivity contribution is 0.888. The lowest BCUT2D eigenvalue weighted by Crippen LogP contribution is -2.20. The van der Waals surface area contributed by atoms with Gasteiger partial charge in [0.25, 0.3) is 0 Å². The molecule has 2 aromatic carbocycles. The molecule has 0 spiro atoms. The minimum Gasteiger partial charge on any atom is -0.754 e. The highest BCUT2D eigenvalue weighted by atomic mass is 16.5. The van der Waals surface area contributed by atoms with E-state index in [2.05, 4.69) is 6.92 Å². The zero-order chi connectivity index (χ0) is 14.6. The quantitative estimate of drug-likeness (QED) is 0.716. The van der Waals surface area contributed by atoms with E-state index in [-0.39, 0.29) is 5.92 Å². The Morgan fingerprint density at radius 2 is 1.30 bits per heavy atom. The van der Waals surface area contributed by atoms with E-state index >= 15 is 0 Å². The van der Waals surface area contributed by atoms with Crippen molar-refractivity contribution >= 4 is 22.7 Å².